The van der Waals surface area contributed by atoms with Gasteiger partial charge in [0.15, 0.2) is 11.5 Å². The highest BCUT2D eigenvalue weighted by Gasteiger charge is 2.10. The SMILES string of the molecule is CCCOc1ccc(C(=O)N/N=C/c2ccc(OCc3ccccc3F)cc2)cc1OC. The number of hydrogen-bond donors (Lipinski definition) is 1. The fraction of sp³-hybridized carbons (Fsp3) is 0.200. The lowest BCUT2D eigenvalue weighted by atomic mass is 10.2. The van der Waals surface area contributed by atoms with E-state index in [9.17, 15) is 9.18 Å². The molecule has 7 heteroatoms. The van der Waals surface area contributed by atoms with Crippen LogP contribution in [0.3, 0.4) is 0 Å². The molecular weight excluding hydrogens is 411 g/mol. The molecule has 0 atom stereocenters. The first kappa shape index (κ1) is 22.8. The summed E-state index contributed by atoms with van der Waals surface area (Å²) in [6.45, 7) is 2.72. The Labute approximate surface area is 186 Å². The van der Waals surface area contributed by atoms with E-state index in [-0.39, 0.29) is 18.3 Å². The molecule has 6 nitrogen and oxygen atoms in total. The number of halogens is 1. The topological polar surface area (TPSA) is 69.2 Å². The molecular formula is C25H25FN2O4. The number of amides is 1. The lowest BCUT2D eigenvalue weighted by Crippen LogP contribution is -2.17. The molecule has 0 spiro atoms. The van der Waals surface area contributed by atoms with Gasteiger partial charge in [-0.1, -0.05) is 25.1 Å². The highest BCUT2D eigenvalue weighted by atomic mass is 19.1. The molecule has 3 aromatic rings. The third-order valence-electron chi connectivity index (χ3n) is 4.50. The number of hydrogen-bond acceptors (Lipinski definition) is 5. The molecule has 32 heavy (non-hydrogen) atoms. The van der Waals surface area contributed by atoms with Crippen molar-refractivity contribution in [1.82, 2.24) is 5.43 Å². The molecule has 1 N–H and O–H groups in total. The summed E-state index contributed by atoms with van der Waals surface area (Å²) < 4.78 is 30.1. The predicted octanol–water partition coefficient (Wildman–Crippen LogP) is 4.97. The number of nitrogens with zero attached hydrogens (tertiary/aromatic N) is 1. The van der Waals surface area contributed by atoms with Crippen LogP contribution in [0.2, 0.25) is 0 Å². The van der Waals surface area contributed by atoms with Crippen LogP contribution in [0.4, 0.5) is 4.39 Å². The Hall–Kier alpha value is -3.87. The average molecular weight is 436 g/mol. The van der Waals surface area contributed by atoms with Gasteiger partial charge in [0.1, 0.15) is 18.2 Å². The van der Waals surface area contributed by atoms with Crippen molar-refractivity contribution in [3.8, 4) is 17.2 Å². The number of carbonyl (C=O) groups excluding carboxylic acids is 1. The zero-order valence-corrected chi connectivity index (χ0v) is 18.0. The van der Waals surface area contributed by atoms with Crippen molar-refractivity contribution >= 4 is 12.1 Å². The van der Waals surface area contributed by atoms with Crippen LogP contribution in [0, 0.1) is 5.82 Å². The summed E-state index contributed by atoms with van der Waals surface area (Å²) in [7, 11) is 1.53. The van der Waals surface area contributed by atoms with E-state index in [1.165, 1.54) is 19.4 Å². The molecule has 166 valence electrons. The van der Waals surface area contributed by atoms with Crippen molar-refractivity contribution in [3.63, 3.8) is 0 Å². The van der Waals surface area contributed by atoms with Crippen LogP contribution in [0.25, 0.3) is 0 Å². The monoisotopic (exact) mass is 436 g/mol. The Bertz CT molecular complexity index is 1070. The van der Waals surface area contributed by atoms with Crippen LogP contribution < -0.4 is 19.6 Å². The van der Waals surface area contributed by atoms with Crippen molar-refractivity contribution in [2.75, 3.05) is 13.7 Å². The predicted molar refractivity (Wildman–Crippen MR) is 121 cm³/mol. The van der Waals surface area contributed by atoms with E-state index < -0.39 is 0 Å². The Kier molecular flexibility index (Phi) is 8.20. The van der Waals surface area contributed by atoms with Gasteiger partial charge in [-0.15, -0.1) is 0 Å². The van der Waals surface area contributed by atoms with Crippen molar-refractivity contribution in [3.05, 3.63) is 89.2 Å². The first-order valence-corrected chi connectivity index (χ1v) is 10.2. The lowest BCUT2D eigenvalue weighted by Gasteiger charge is -2.11. The van der Waals surface area contributed by atoms with Gasteiger partial charge in [-0.05, 0) is 60.5 Å². The van der Waals surface area contributed by atoms with E-state index in [1.54, 1.807) is 60.7 Å². The van der Waals surface area contributed by atoms with Gasteiger partial charge in [0, 0.05) is 11.1 Å². The number of benzene rings is 3. The van der Waals surface area contributed by atoms with Gasteiger partial charge in [0.2, 0.25) is 0 Å². The Morgan fingerprint density at radius 1 is 1.03 bits per heavy atom. The molecule has 0 radical (unpaired) electrons. The molecule has 0 saturated carbocycles. The second kappa shape index (κ2) is 11.5. The maximum atomic E-state index is 13.7. The Morgan fingerprint density at radius 3 is 2.53 bits per heavy atom. The zero-order chi connectivity index (χ0) is 22.8. The first-order valence-electron chi connectivity index (χ1n) is 10.2. The molecule has 0 bridgehead atoms. The number of carbonyl (C=O) groups is 1. The number of nitrogens with one attached hydrogen (secondary N) is 1. The van der Waals surface area contributed by atoms with Crippen LogP contribution in [-0.2, 0) is 6.61 Å². The van der Waals surface area contributed by atoms with Gasteiger partial charge in [0.05, 0.1) is 19.9 Å². The fourth-order valence-electron chi connectivity index (χ4n) is 2.80. The van der Waals surface area contributed by atoms with Crippen molar-refractivity contribution in [2.24, 2.45) is 5.10 Å². The largest absolute Gasteiger partial charge is 0.493 e. The number of hydrazone groups is 1. The standard InChI is InChI=1S/C25H25FN2O4/c1-3-14-31-23-13-10-19(15-24(23)30-2)25(29)28-27-16-18-8-11-21(12-9-18)32-17-20-6-4-5-7-22(20)26/h4-13,15-16H,3,14,17H2,1-2H3,(H,28,29)/b27-16+. The van der Waals surface area contributed by atoms with Gasteiger partial charge in [-0.25, -0.2) is 9.82 Å². The Morgan fingerprint density at radius 2 is 1.81 bits per heavy atom. The summed E-state index contributed by atoms with van der Waals surface area (Å²) in [5.41, 5.74) is 4.15. The molecule has 1 amide bonds. The summed E-state index contributed by atoms with van der Waals surface area (Å²) in [5.74, 6) is 1.01. The molecule has 0 heterocycles. The van der Waals surface area contributed by atoms with Crippen LogP contribution in [0.1, 0.15) is 34.8 Å². The van der Waals surface area contributed by atoms with Gasteiger partial charge < -0.3 is 14.2 Å². The molecule has 0 aliphatic rings. The van der Waals surface area contributed by atoms with Crippen LogP contribution in [0.5, 0.6) is 17.2 Å². The third kappa shape index (κ3) is 6.31. The van der Waals surface area contributed by atoms with Crippen LogP contribution >= 0.6 is 0 Å². The normalized spacial score (nSPS) is 10.7. The van der Waals surface area contributed by atoms with E-state index in [0.29, 0.717) is 35.0 Å². The van der Waals surface area contributed by atoms with Crippen molar-refractivity contribution in [2.45, 2.75) is 20.0 Å². The van der Waals surface area contributed by atoms with E-state index in [4.69, 9.17) is 14.2 Å². The van der Waals surface area contributed by atoms with E-state index in [2.05, 4.69) is 10.5 Å². The summed E-state index contributed by atoms with van der Waals surface area (Å²) in [6.07, 6.45) is 2.40. The molecule has 0 aliphatic heterocycles. The maximum absolute atomic E-state index is 13.7. The lowest BCUT2D eigenvalue weighted by molar-refractivity contribution is 0.0954. The summed E-state index contributed by atoms with van der Waals surface area (Å²) in [6, 6.07) is 18.5. The van der Waals surface area contributed by atoms with Gasteiger partial charge in [-0.3, -0.25) is 4.79 Å². The minimum atomic E-state index is -0.369. The quantitative estimate of drug-likeness (QED) is 0.360. The second-order valence-corrected chi connectivity index (χ2v) is 6.86. The third-order valence-corrected chi connectivity index (χ3v) is 4.50. The summed E-state index contributed by atoms with van der Waals surface area (Å²) in [5, 5.41) is 3.99. The smallest absolute Gasteiger partial charge is 0.271 e. The highest BCUT2D eigenvalue weighted by molar-refractivity contribution is 5.95. The second-order valence-electron chi connectivity index (χ2n) is 6.86. The zero-order valence-electron chi connectivity index (χ0n) is 18.0. The van der Waals surface area contributed by atoms with E-state index in [0.717, 1.165) is 12.0 Å². The van der Waals surface area contributed by atoms with Crippen LogP contribution in [0.15, 0.2) is 71.8 Å². The molecule has 0 aromatic heterocycles. The number of methoxy groups -OCH3 is 1. The van der Waals surface area contributed by atoms with Gasteiger partial charge >= 0.3 is 0 Å². The fourth-order valence-corrected chi connectivity index (χ4v) is 2.80. The molecule has 0 fully saturated rings. The maximum Gasteiger partial charge on any atom is 0.271 e. The first-order chi connectivity index (χ1) is 15.6. The average Bonchev–Trinajstić information content (AvgIpc) is 2.83. The van der Waals surface area contributed by atoms with Gasteiger partial charge in [0.25, 0.3) is 5.91 Å². The molecule has 0 aliphatic carbocycles. The summed E-state index contributed by atoms with van der Waals surface area (Å²) >= 11 is 0. The minimum Gasteiger partial charge on any atom is -0.493 e. The molecule has 3 aromatic carbocycles. The van der Waals surface area contributed by atoms with E-state index in [1.807, 2.05) is 6.92 Å². The highest BCUT2D eigenvalue weighted by Crippen LogP contribution is 2.28. The van der Waals surface area contributed by atoms with E-state index >= 15 is 0 Å². The number of ether oxygens (including phenoxy) is 3. The van der Waals surface area contributed by atoms with Gasteiger partial charge in [-0.2, -0.15) is 5.10 Å². The molecule has 0 saturated heterocycles. The molecule has 0 unspecified atom stereocenters. The van der Waals surface area contributed by atoms with Crippen LogP contribution in [-0.4, -0.2) is 25.8 Å². The summed E-state index contributed by atoms with van der Waals surface area (Å²) in [4.78, 5) is 12.4. The Balaban J connectivity index is 1.54. The molecule has 3 rings (SSSR count). The van der Waals surface area contributed by atoms with Crippen molar-refractivity contribution in [1.29, 1.82) is 0 Å². The van der Waals surface area contributed by atoms with Crippen molar-refractivity contribution < 1.29 is 23.4 Å². The number of rotatable bonds is 10. The minimum absolute atomic E-state index is 0.141.